The number of rotatable bonds is 6. The summed E-state index contributed by atoms with van der Waals surface area (Å²) in [5.74, 6) is -8.65. The molecule has 70 heavy (non-hydrogen) atoms. The lowest BCUT2D eigenvalue weighted by Gasteiger charge is -2.43. The highest BCUT2D eigenvalue weighted by Gasteiger charge is 2.53. The molecule has 4 fully saturated rings. The monoisotopic (exact) mass is 1000 g/mol. The number of Topliss-reactive ketones (excluding diaryl/α,β-unsaturated/α-hetero) is 3. The van der Waals surface area contributed by atoms with Crippen molar-refractivity contribution >= 4 is 39.2 Å². The second-order valence-corrected chi connectivity index (χ2v) is 23.2. The number of piperidine rings is 1. The summed E-state index contributed by atoms with van der Waals surface area (Å²) >= 11 is 0. The molecule has 4 heterocycles. The molecule has 394 valence electrons. The van der Waals surface area contributed by atoms with Gasteiger partial charge in [0.05, 0.1) is 24.1 Å². The van der Waals surface area contributed by atoms with Gasteiger partial charge in [0.1, 0.15) is 30.1 Å². The van der Waals surface area contributed by atoms with E-state index < -0.39 is 93.8 Å². The molecule has 0 aromatic rings. The van der Waals surface area contributed by atoms with Crippen LogP contribution in [0.5, 0.6) is 0 Å². The number of aliphatic hydroxyl groups is 3. The van der Waals surface area contributed by atoms with Crippen molar-refractivity contribution in [2.45, 2.75) is 186 Å². The van der Waals surface area contributed by atoms with Crippen molar-refractivity contribution in [1.29, 1.82) is 0 Å². The van der Waals surface area contributed by atoms with E-state index in [0.29, 0.717) is 75.4 Å². The van der Waals surface area contributed by atoms with Crippen molar-refractivity contribution in [2.75, 3.05) is 33.1 Å². The molecule has 1 saturated carbocycles. The van der Waals surface area contributed by atoms with Crippen LogP contribution in [0.3, 0.4) is 0 Å². The van der Waals surface area contributed by atoms with Crippen LogP contribution in [-0.4, -0.2) is 150 Å². The largest absolute Gasteiger partial charge is 0.460 e. The van der Waals surface area contributed by atoms with Gasteiger partial charge in [0.2, 0.25) is 15.8 Å². The third-order valence-electron chi connectivity index (χ3n) is 15.7. The molecular weight excluding hydrogens is 921 g/mol. The highest BCUT2D eigenvalue weighted by atomic mass is 32.2. The summed E-state index contributed by atoms with van der Waals surface area (Å²) in [4.78, 5) is 72.4. The Bertz CT molecular complexity index is 2090. The van der Waals surface area contributed by atoms with Crippen LogP contribution in [0.25, 0.3) is 0 Å². The molecule has 0 unspecified atom stereocenters. The zero-order chi connectivity index (χ0) is 51.7. The van der Waals surface area contributed by atoms with Crippen LogP contribution >= 0.6 is 0 Å². The molecule has 15 atom stereocenters. The van der Waals surface area contributed by atoms with Crippen molar-refractivity contribution in [1.82, 2.24) is 9.21 Å². The van der Waals surface area contributed by atoms with Gasteiger partial charge in [-0.3, -0.25) is 19.2 Å². The summed E-state index contributed by atoms with van der Waals surface area (Å²) in [7, 11) is -0.706. The van der Waals surface area contributed by atoms with E-state index in [2.05, 4.69) is 0 Å². The van der Waals surface area contributed by atoms with E-state index >= 15 is 0 Å². The number of ether oxygens (including phenoxy) is 4. The maximum absolute atomic E-state index is 14.5. The van der Waals surface area contributed by atoms with Crippen LogP contribution in [-0.2, 0) is 52.9 Å². The number of nitrogens with zero attached hydrogens (tertiary/aromatic N) is 2. The Kier molecular flexibility index (Phi) is 20.9. The van der Waals surface area contributed by atoms with Crippen LogP contribution in [0.15, 0.2) is 47.6 Å². The van der Waals surface area contributed by atoms with E-state index in [1.165, 1.54) is 11.4 Å². The fraction of sp³-hybridized carbons (Fsp3) is 0.755. The van der Waals surface area contributed by atoms with Crippen LogP contribution in [0.1, 0.15) is 132 Å². The number of sulfonamides is 1. The van der Waals surface area contributed by atoms with Gasteiger partial charge in [-0.15, -0.1) is 0 Å². The lowest BCUT2D eigenvalue weighted by atomic mass is 9.78. The molecule has 0 spiro atoms. The summed E-state index contributed by atoms with van der Waals surface area (Å²) in [6.45, 7) is 12.7. The van der Waals surface area contributed by atoms with Gasteiger partial charge in [-0.05, 0) is 114 Å². The van der Waals surface area contributed by atoms with Gasteiger partial charge in [-0.1, -0.05) is 76.6 Å². The van der Waals surface area contributed by atoms with Gasteiger partial charge in [-0.25, -0.2) is 13.2 Å². The maximum Gasteiger partial charge on any atom is 0.329 e. The Morgan fingerprint density at radius 3 is 2.24 bits per heavy atom. The van der Waals surface area contributed by atoms with E-state index in [1.807, 2.05) is 45.1 Å². The average molecular weight is 1000 g/mol. The smallest absolute Gasteiger partial charge is 0.329 e. The van der Waals surface area contributed by atoms with E-state index in [4.69, 9.17) is 18.9 Å². The Morgan fingerprint density at radius 1 is 0.843 bits per heavy atom. The number of aliphatic hydroxyl groups excluding tert-OH is 2. The van der Waals surface area contributed by atoms with E-state index in [1.54, 1.807) is 47.0 Å². The van der Waals surface area contributed by atoms with Crippen molar-refractivity contribution < 1.29 is 66.7 Å². The number of carbonyl (C=O) groups excluding carboxylic acids is 5. The molecule has 0 radical (unpaired) electrons. The molecule has 17 heteroatoms. The van der Waals surface area contributed by atoms with Gasteiger partial charge in [-0.2, -0.15) is 4.31 Å². The molecule has 3 saturated heterocycles. The van der Waals surface area contributed by atoms with Crippen molar-refractivity contribution in [3.8, 4) is 0 Å². The maximum atomic E-state index is 14.5. The zero-order valence-corrected chi connectivity index (χ0v) is 43.8. The van der Waals surface area contributed by atoms with Crippen molar-refractivity contribution in [2.24, 2.45) is 35.5 Å². The molecule has 5 rings (SSSR count). The lowest BCUT2D eigenvalue weighted by Crippen LogP contribution is -2.61. The summed E-state index contributed by atoms with van der Waals surface area (Å²) < 4.78 is 51.8. The minimum absolute atomic E-state index is 0.0110. The van der Waals surface area contributed by atoms with E-state index in [9.17, 15) is 47.7 Å². The van der Waals surface area contributed by atoms with Gasteiger partial charge in [0.15, 0.2) is 5.78 Å². The summed E-state index contributed by atoms with van der Waals surface area (Å²) in [5, 5.41) is 34.1. The van der Waals surface area contributed by atoms with Crippen LogP contribution in [0.4, 0.5) is 0 Å². The Hall–Kier alpha value is -3.42. The predicted molar refractivity (Wildman–Crippen MR) is 263 cm³/mol. The molecule has 0 aromatic heterocycles. The Labute approximate surface area is 416 Å². The first-order valence-corrected chi connectivity index (χ1v) is 27.3. The average Bonchev–Trinajstić information content (AvgIpc) is 3.68. The first kappa shape index (κ1) is 57.5. The third-order valence-corrected chi connectivity index (χ3v) is 17.7. The Balaban J connectivity index is 1.51. The topological polar surface area (TPSA) is 224 Å². The number of ketones is 3. The number of hydrogen-bond acceptors (Lipinski definition) is 14. The fourth-order valence-corrected chi connectivity index (χ4v) is 13.0. The molecular formula is C53H82N2O14S. The molecule has 16 nitrogen and oxygen atoms in total. The molecule has 5 aliphatic rings. The second-order valence-electron chi connectivity index (χ2n) is 21.2. The first-order valence-electron chi connectivity index (χ1n) is 25.7. The molecule has 0 aromatic carbocycles. The van der Waals surface area contributed by atoms with Crippen molar-refractivity contribution in [3.05, 3.63) is 47.6 Å². The minimum atomic E-state index is -3.62. The third kappa shape index (κ3) is 14.2. The molecule has 1 aliphatic carbocycles. The van der Waals surface area contributed by atoms with Gasteiger partial charge >= 0.3 is 5.97 Å². The number of allylic oxidation sites excluding steroid dienone is 6. The normalized spacial score (nSPS) is 40.5. The number of fused-ring (bicyclic) bond motifs is 3. The molecule has 2 bridgehead atoms. The minimum Gasteiger partial charge on any atom is -0.460 e. The Morgan fingerprint density at radius 2 is 1.57 bits per heavy atom. The van der Waals surface area contributed by atoms with Crippen molar-refractivity contribution in [3.63, 3.8) is 0 Å². The first-order chi connectivity index (χ1) is 33.0. The van der Waals surface area contributed by atoms with Gasteiger partial charge in [0.25, 0.3) is 11.7 Å². The van der Waals surface area contributed by atoms with Crippen LogP contribution in [0, 0.1) is 35.5 Å². The van der Waals surface area contributed by atoms with Gasteiger partial charge < -0.3 is 39.2 Å². The number of methoxy groups -OCH3 is 2. The number of cyclic esters (lactones) is 1. The second kappa shape index (κ2) is 25.5. The number of carbonyl (C=O) groups is 5. The van der Waals surface area contributed by atoms with Crippen LogP contribution in [0.2, 0.25) is 0 Å². The standard InChI is InChI=1S/C53H82N2O14S/c1-32-16-11-10-12-17-33(2)42(55-24-15-25-70(55,64)65)30-40-21-19-38(7)53(63,69-40)50(60)51(61)54-23-14-13-18-41(54)52(62)68-45(35(4)28-39-20-22-43(56)46(29-39)66-8)31-44(57)34(3)27-37(6)48(59)49(67-9)47(58)36(5)26-32/h10-12,16-17,27,32,34-36,38-43,45-46,48-49,56,59,63H,13-15,18-26,28-31H2,1-9H3/b12-10+,16-11+,33-17+,37-27+/t32-,34-,35-,36-,38-,39+,40+,41+,42-,43-,45+,46-,48-,49+,53-/m1/s1. The molecule has 1 amide bonds. The zero-order valence-electron chi connectivity index (χ0n) is 43.0. The number of esters is 1. The summed E-state index contributed by atoms with van der Waals surface area (Å²) in [6, 6.07) is -1.87. The van der Waals surface area contributed by atoms with Crippen LogP contribution < -0.4 is 0 Å². The van der Waals surface area contributed by atoms with E-state index in [0.717, 1.165) is 4.90 Å². The highest BCUT2D eigenvalue weighted by molar-refractivity contribution is 7.89. The fourth-order valence-electron chi connectivity index (χ4n) is 11.2. The summed E-state index contributed by atoms with van der Waals surface area (Å²) in [5.41, 5.74) is 1.07. The number of hydrogen-bond donors (Lipinski definition) is 3. The predicted octanol–water partition coefficient (Wildman–Crippen LogP) is 5.57. The SMILES string of the molecule is CO[C@@H]1C[C@H](C[C@@H](C)[C@@H]2CC(=O)[C@H](C)/C=C(\C)[C@@H](O)[C@@H](OC)C(=O)[C@H](C)C[C@H](C)/C=C/C=C/C=C(\C)[C@H](N3CCCS3(=O)=O)C[C@@H]3CC[C@@H](C)[C@@](O)(O3)C(=O)C(=O)N3CCCC[C@H]3C(=O)O2)CC[C@H]1O. The highest BCUT2D eigenvalue weighted by Crippen LogP contribution is 2.39. The summed E-state index contributed by atoms with van der Waals surface area (Å²) in [6.07, 6.45) is 10.6. The van der Waals surface area contributed by atoms with E-state index in [-0.39, 0.29) is 73.5 Å². The quantitative estimate of drug-likeness (QED) is 0.168. The molecule has 4 aliphatic heterocycles. The lowest BCUT2D eigenvalue weighted by molar-refractivity contribution is -0.264. The van der Waals surface area contributed by atoms with Gasteiger partial charge in [0, 0.05) is 57.5 Å². The molecule has 3 N–H and O–H groups in total. The number of amides is 1.